The van der Waals surface area contributed by atoms with Crippen molar-refractivity contribution in [2.75, 3.05) is 21.3 Å². The quantitative estimate of drug-likeness (QED) is 0.646. The fraction of sp³-hybridized carbons (Fsp3) is 0.533. The van der Waals surface area contributed by atoms with Crippen LogP contribution in [0.1, 0.15) is 19.3 Å². The minimum absolute atomic E-state index is 0.00526. The molecule has 1 aromatic carbocycles. The first-order valence-corrected chi connectivity index (χ1v) is 9.60. The highest BCUT2D eigenvalue weighted by Crippen LogP contribution is 2.38. The molecule has 0 aliphatic heterocycles. The van der Waals surface area contributed by atoms with Crippen molar-refractivity contribution in [1.29, 1.82) is 0 Å². The summed E-state index contributed by atoms with van der Waals surface area (Å²) in [5, 5.41) is 0. The van der Waals surface area contributed by atoms with Gasteiger partial charge >= 0.3 is 5.97 Å². The molecule has 1 aliphatic rings. The van der Waals surface area contributed by atoms with Crippen molar-refractivity contribution < 1.29 is 27.4 Å². The van der Waals surface area contributed by atoms with Gasteiger partial charge in [-0.2, -0.15) is 0 Å². The van der Waals surface area contributed by atoms with Crippen molar-refractivity contribution in [3.8, 4) is 11.5 Å². The zero-order chi connectivity index (χ0) is 17.9. The summed E-state index contributed by atoms with van der Waals surface area (Å²) < 4.78 is 43.4. The molecule has 1 fully saturated rings. The Kier molecular flexibility index (Phi) is 6.11. The van der Waals surface area contributed by atoms with Gasteiger partial charge in [-0.05, 0) is 40.8 Å². The van der Waals surface area contributed by atoms with Crippen LogP contribution in [-0.4, -0.2) is 41.8 Å². The van der Waals surface area contributed by atoms with Crippen LogP contribution in [0.5, 0.6) is 11.5 Å². The van der Waals surface area contributed by atoms with E-state index in [1.807, 2.05) is 0 Å². The first-order valence-electron chi connectivity index (χ1n) is 7.33. The fourth-order valence-corrected chi connectivity index (χ4v) is 4.71. The summed E-state index contributed by atoms with van der Waals surface area (Å²) in [4.78, 5) is 11.5. The minimum atomic E-state index is -3.85. The third-order valence-electron chi connectivity index (χ3n) is 3.84. The highest BCUT2D eigenvalue weighted by molar-refractivity contribution is 9.10. The molecule has 1 saturated carbocycles. The molecule has 1 N–H and O–H groups in total. The maximum absolute atomic E-state index is 12.7. The summed E-state index contributed by atoms with van der Waals surface area (Å²) in [5.74, 6) is 0.424. The zero-order valence-electron chi connectivity index (χ0n) is 13.7. The maximum Gasteiger partial charge on any atom is 0.307 e. The number of ether oxygens (including phenoxy) is 3. The van der Waals surface area contributed by atoms with Crippen molar-refractivity contribution in [3.63, 3.8) is 0 Å². The molecule has 24 heavy (non-hydrogen) atoms. The number of hydrogen-bond acceptors (Lipinski definition) is 6. The molecule has 1 atom stereocenters. The average Bonchev–Trinajstić information content (AvgIpc) is 3.38. The second kappa shape index (κ2) is 7.71. The van der Waals surface area contributed by atoms with Gasteiger partial charge in [-0.3, -0.25) is 4.79 Å². The third-order valence-corrected chi connectivity index (χ3v) is 6.29. The molecular weight excluding hydrogens is 402 g/mol. The van der Waals surface area contributed by atoms with E-state index >= 15 is 0 Å². The number of hydrogen-bond donors (Lipinski definition) is 1. The summed E-state index contributed by atoms with van der Waals surface area (Å²) >= 11 is 3.25. The molecule has 0 aromatic heterocycles. The van der Waals surface area contributed by atoms with E-state index in [-0.39, 0.29) is 17.2 Å². The SMILES string of the molecule is COC(=O)C[C@H](NS(=O)(=O)c1cc(OC)c(OC)cc1Br)C1CC1. The number of benzene rings is 1. The molecule has 0 saturated heterocycles. The number of carbonyl (C=O) groups is 1. The normalized spacial score (nSPS) is 15.7. The highest BCUT2D eigenvalue weighted by atomic mass is 79.9. The Morgan fingerprint density at radius 1 is 1.25 bits per heavy atom. The van der Waals surface area contributed by atoms with E-state index in [4.69, 9.17) is 9.47 Å². The van der Waals surface area contributed by atoms with E-state index in [1.54, 1.807) is 0 Å². The molecule has 9 heteroatoms. The fourth-order valence-electron chi connectivity index (χ4n) is 2.37. The average molecular weight is 422 g/mol. The lowest BCUT2D eigenvalue weighted by Crippen LogP contribution is -2.38. The molecule has 2 rings (SSSR count). The van der Waals surface area contributed by atoms with Crippen molar-refractivity contribution in [3.05, 3.63) is 16.6 Å². The topological polar surface area (TPSA) is 90.9 Å². The lowest BCUT2D eigenvalue weighted by atomic mass is 10.1. The molecule has 0 radical (unpaired) electrons. The third kappa shape index (κ3) is 4.40. The molecule has 0 unspecified atom stereocenters. The summed E-state index contributed by atoms with van der Waals surface area (Å²) in [6.45, 7) is 0. The van der Waals surface area contributed by atoms with E-state index in [1.165, 1.54) is 33.5 Å². The number of methoxy groups -OCH3 is 3. The van der Waals surface area contributed by atoms with Crippen LogP contribution in [0, 0.1) is 5.92 Å². The lowest BCUT2D eigenvalue weighted by Gasteiger charge is -2.18. The van der Waals surface area contributed by atoms with Crippen molar-refractivity contribution in [1.82, 2.24) is 4.72 Å². The van der Waals surface area contributed by atoms with Gasteiger partial charge in [0.1, 0.15) is 4.90 Å². The smallest absolute Gasteiger partial charge is 0.307 e. The standard InChI is InChI=1S/C15H20BrNO6S/c1-21-12-6-10(16)14(8-13(12)22-2)24(19,20)17-11(9-4-5-9)7-15(18)23-3/h6,8-9,11,17H,4-5,7H2,1-3H3/t11-/m0/s1. The summed E-state index contributed by atoms with van der Waals surface area (Å²) in [6.07, 6.45) is 1.78. The van der Waals surface area contributed by atoms with E-state index in [2.05, 4.69) is 25.4 Å². The number of sulfonamides is 1. The van der Waals surface area contributed by atoms with Gasteiger partial charge < -0.3 is 14.2 Å². The molecule has 0 heterocycles. The predicted octanol–water partition coefficient (Wildman–Crippen LogP) is 2.09. The Hall–Kier alpha value is -1.32. The van der Waals surface area contributed by atoms with Crippen LogP contribution in [0.3, 0.4) is 0 Å². The maximum atomic E-state index is 12.7. The van der Waals surface area contributed by atoms with Crippen molar-refractivity contribution in [2.45, 2.75) is 30.2 Å². The molecule has 1 aliphatic carbocycles. The van der Waals surface area contributed by atoms with E-state index < -0.39 is 22.0 Å². The van der Waals surface area contributed by atoms with Crippen LogP contribution in [-0.2, 0) is 19.6 Å². The van der Waals surface area contributed by atoms with E-state index in [9.17, 15) is 13.2 Å². The monoisotopic (exact) mass is 421 g/mol. The van der Waals surface area contributed by atoms with Gasteiger partial charge in [-0.1, -0.05) is 0 Å². The second-order valence-electron chi connectivity index (χ2n) is 5.48. The number of nitrogens with one attached hydrogen (secondary N) is 1. The molecule has 0 spiro atoms. The van der Waals surface area contributed by atoms with Gasteiger partial charge in [0.2, 0.25) is 10.0 Å². The van der Waals surface area contributed by atoms with Gasteiger partial charge in [0.25, 0.3) is 0 Å². The van der Waals surface area contributed by atoms with Gasteiger partial charge in [0.15, 0.2) is 11.5 Å². The van der Waals surface area contributed by atoms with Gasteiger partial charge in [0.05, 0.1) is 27.8 Å². The van der Waals surface area contributed by atoms with Crippen LogP contribution in [0.4, 0.5) is 0 Å². The number of esters is 1. The number of carbonyl (C=O) groups excluding carboxylic acids is 1. The molecule has 134 valence electrons. The predicted molar refractivity (Wildman–Crippen MR) is 90.7 cm³/mol. The Morgan fingerprint density at radius 3 is 2.33 bits per heavy atom. The van der Waals surface area contributed by atoms with Crippen LogP contribution in [0.2, 0.25) is 0 Å². The summed E-state index contributed by atoms with van der Waals surface area (Å²) in [7, 11) is 0.335. The summed E-state index contributed by atoms with van der Waals surface area (Å²) in [5.41, 5.74) is 0. The van der Waals surface area contributed by atoms with Gasteiger partial charge in [-0.25, -0.2) is 13.1 Å². The zero-order valence-corrected chi connectivity index (χ0v) is 16.1. The number of rotatable bonds is 8. The minimum Gasteiger partial charge on any atom is -0.493 e. The largest absolute Gasteiger partial charge is 0.493 e. The molecule has 1 aromatic rings. The van der Waals surface area contributed by atoms with Crippen LogP contribution >= 0.6 is 15.9 Å². The highest BCUT2D eigenvalue weighted by Gasteiger charge is 2.36. The second-order valence-corrected chi connectivity index (χ2v) is 8.02. The first-order chi connectivity index (χ1) is 11.3. The molecule has 7 nitrogen and oxygen atoms in total. The van der Waals surface area contributed by atoms with E-state index in [0.29, 0.717) is 16.0 Å². The van der Waals surface area contributed by atoms with Crippen molar-refractivity contribution in [2.24, 2.45) is 5.92 Å². The van der Waals surface area contributed by atoms with Crippen LogP contribution in [0.25, 0.3) is 0 Å². The Bertz CT molecular complexity index is 717. The number of halogens is 1. The molecular formula is C15H20BrNO6S. The first kappa shape index (κ1) is 19.0. The van der Waals surface area contributed by atoms with Gasteiger partial charge in [-0.15, -0.1) is 0 Å². The summed E-state index contributed by atoms with van der Waals surface area (Å²) in [6, 6.07) is 2.43. The van der Waals surface area contributed by atoms with Gasteiger partial charge in [0, 0.05) is 16.6 Å². The van der Waals surface area contributed by atoms with Crippen molar-refractivity contribution >= 4 is 31.9 Å². The van der Waals surface area contributed by atoms with Crippen LogP contribution in [0.15, 0.2) is 21.5 Å². The van der Waals surface area contributed by atoms with E-state index in [0.717, 1.165) is 12.8 Å². The molecule has 0 amide bonds. The Balaban J connectivity index is 2.30. The molecule has 0 bridgehead atoms. The Morgan fingerprint density at radius 2 is 1.83 bits per heavy atom. The lowest BCUT2D eigenvalue weighted by molar-refractivity contribution is -0.141. The Labute approximate surface area is 149 Å². The van der Waals surface area contributed by atoms with Crippen LogP contribution < -0.4 is 14.2 Å².